The smallest absolute Gasteiger partial charge is 0.133 e. The van der Waals surface area contributed by atoms with Gasteiger partial charge in [0.25, 0.3) is 0 Å². The van der Waals surface area contributed by atoms with Crippen LogP contribution in [0.1, 0.15) is 33.9 Å². The van der Waals surface area contributed by atoms with Crippen molar-refractivity contribution in [2.45, 2.75) is 12.5 Å². The Kier molecular flexibility index (Phi) is 5.63. The summed E-state index contributed by atoms with van der Waals surface area (Å²) in [5.74, 6) is 0.881. The number of benzene rings is 6. The van der Waals surface area contributed by atoms with Gasteiger partial charge in [-0.2, -0.15) is 0 Å². The van der Waals surface area contributed by atoms with Crippen molar-refractivity contribution in [3.05, 3.63) is 179 Å². The Morgan fingerprint density at radius 1 is 0.591 bits per heavy atom. The Balaban J connectivity index is 1.15. The number of hydrogen-bond donors (Lipinski definition) is 1. The van der Waals surface area contributed by atoms with E-state index in [2.05, 4.69) is 162 Å². The van der Waals surface area contributed by atoms with E-state index >= 15 is 0 Å². The van der Waals surface area contributed by atoms with Gasteiger partial charge in [-0.1, -0.05) is 115 Å². The van der Waals surface area contributed by atoms with Gasteiger partial charge < -0.3 is 9.88 Å². The summed E-state index contributed by atoms with van der Waals surface area (Å²) in [6, 6.07) is 52.0. The van der Waals surface area contributed by atoms with Crippen molar-refractivity contribution in [3.8, 4) is 16.9 Å². The van der Waals surface area contributed by atoms with Gasteiger partial charge in [0.15, 0.2) is 0 Å². The first-order valence-electron chi connectivity index (χ1n) is 15.2. The third kappa shape index (κ3) is 3.94. The molecule has 2 heterocycles. The van der Waals surface area contributed by atoms with E-state index in [1.165, 1.54) is 49.6 Å². The third-order valence-corrected chi connectivity index (χ3v) is 9.10. The molecule has 1 N–H and O–H groups in total. The number of rotatable bonds is 4. The summed E-state index contributed by atoms with van der Waals surface area (Å²) in [5.41, 5.74) is 12.4. The van der Waals surface area contributed by atoms with Crippen LogP contribution >= 0.6 is 0 Å². The number of nitrogens with zero attached hydrogens (tertiary/aromatic N) is 2. The molecule has 1 aliphatic carbocycles. The molecule has 3 heteroatoms. The largest absolute Gasteiger partial charge is 0.340 e. The van der Waals surface area contributed by atoms with Crippen molar-refractivity contribution in [2.24, 2.45) is 4.99 Å². The average Bonchev–Trinajstić information content (AvgIpc) is 3.64. The van der Waals surface area contributed by atoms with Crippen LogP contribution in [0.15, 0.2) is 157 Å². The number of para-hydroxylation sites is 1. The molecule has 1 atom stereocenters. The maximum atomic E-state index is 5.18. The maximum Gasteiger partial charge on any atom is 0.133 e. The summed E-state index contributed by atoms with van der Waals surface area (Å²) < 4.78 is 2.45. The molecule has 208 valence electrons. The summed E-state index contributed by atoms with van der Waals surface area (Å²) >= 11 is 0. The molecule has 0 amide bonds. The minimum atomic E-state index is -0.0645. The molecule has 9 rings (SSSR count). The van der Waals surface area contributed by atoms with Crippen molar-refractivity contribution in [3.63, 3.8) is 0 Å². The predicted molar refractivity (Wildman–Crippen MR) is 182 cm³/mol. The molecule has 1 aliphatic heterocycles. The highest BCUT2D eigenvalue weighted by atomic mass is 15.0. The molecule has 1 aromatic heterocycles. The summed E-state index contributed by atoms with van der Waals surface area (Å²) in [6.07, 6.45) is 3.17. The van der Waals surface area contributed by atoms with Crippen LogP contribution in [0.5, 0.6) is 0 Å². The van der Waals surface area contributed by atoms with Crippen LogP contribution in [-0.4, -0.2) is 10.4 Å². The zero-order chi connectivity index (χ0) is 29.0. The predicted octanol–water partition coefficient (Wildman–Crippen LogP) is 9.49. The number of nitrogens with one attached hydrogen (secondary N) is 1. The van der Waals surface area contributed by atoms with Crippen LogP contribution in [-0.2, 0) is 6.42 Å². The lowest BCUT2D eigenvalue weighted by Gasteiger charge is -2.23. The number of aliphatic imine (C=N–C) groups is 1. The first kappa shape index (κ1) is 24.9. The van der Waals surface area contributed by atoms with E-state index in [1.807, 2.05) is 0 Å². The molecule has 0 spiro atoms. The Labute approximate surface area is 256 Å². The van der Waals surface area contributed by atoms with E-state index in [0.29, 0.717) is 0 Å². The second kappa shape index (κ2) is 9.96. The van der Waals surface area contributed by atoms with Crippen LogP contribution < -0.4 is 5.32 Å². The van der Waals surface area contributed by atoms with Gasteiger partial charge in [0.1, 0.15) is 5.84 Å². The molecule has 7 aromatic rings. The second-order valence-electron chi connectivity index (χ2n) is 11.6. The minimum absolute atomic E-state index is 0.0645. The Morgan fingerprint density at radius 3 is 2.11 bits per heavy atom. The second-order valence-corrected chi connectivity index (χ2v) is 11.6. The first-order valence-corrected chi connectivity index (χ1v) is 15.2. The summed E-state index contributed by atoms with van der Waals surface area (Å²) in [4.78, 5) is 5.18. The maximum absolute atomic E-state index is 5.18. The van der Waals surface area contributed by atoms with E-state index in [1.54, 1.807) is 0 Å². The van der Waals surface area contributed by atoms with Gasteiger partial charge in [-0.15, -0.1) is 0 Å². The molecule has 44 heavy (non-hydrogen) atoms. The number of aromatic nitrogens is 1. The highest BCUT2D eigenvalue weighted by Gasteiger charge is 2.28. The van der Waals surface area contributed by atoms with Gasteiger partial charge in [0.05, 0.1) is 17.3 Å². The lowest BCUT2D eigenvalue weighted by molar-refractivity contribution is 0.880. The van der Waals surface area contributed by atoms with Crippen LogP contribution in [0.25, 0.3) is 44.3 Å². The highest BCUT2D eigenvalue weighted by Crippen LogP contribution is 2.46. The number of hydrogen-bond acceptors (Lipinski definition) is 2. The van der Waals surface area contributed by atoms with Gasteiger partial charge in [-0.25, -0.2) is 0 Å². The van der Waals surface area contributed by atoms with Gasteiger partial charge in [0, 0.05) is 34.3 Å². The van der Waals surface area contributed by atoms with Gasteiger partial charge in [-0.05, 0) is 69.4 Å². The van der Waals surface area contributed by atoms with Crippen molar-refractivity contribution in [1.82, 2.24) is 9.88 Å². The zero-order valence-corrected chi connectivity index (χ0v) is 24.1. The van der Waals surface area contributed by atoms with E-state index in [-0.39, 0.29) is 6.04 Å². The molecular weight excluding hydrogens is 534 g/mol. The Bertz CT molecular complexity index is 2260. The standard InChI is InChI=1S/C41H29N3/c1-3-12-28(13-4-1)37-26-38(29-14-5-2-6-15-29)43-41(42-37)30-19-22-31(23-20-30)44-39-18-10-9-17-33(39)36-25-35-32-16-8-7-11-27(32)21-24-34(35)40(36)44/h1-24,26,37H,25H2,(H,42,43). The monoisotopic (exact) mass is 563 g/mol. The number of fused-ring (bicyclic) bond motifs is 7. The molecule has 6 aromatic carbocycles. The Hall–Kier alpha value is -5.67. The van der Waals surface area contributed by atoms with Crippen molar-refractivity contribution in [1.29, 1.82) is 0 Å². The third-order valence-electron chi connectivity index (χ3n) is 9.10. The highest BCUT2D eigenvalue weighted by molar-refractivity contribution is 6.05. The fourth-order valence-corrected chi connectivity index (χ4v) is 7.02. The SMILES string of the molecule is C1=C(c2ccccc2)NC(c2ccc(-n3c4c(c5ccccc53)Cc3c-4ccc4ccccc34)cc2)=NC1c1ccccc1. The molecule has 0 fully saturated rings. The van der Waals surface area contributed by atoms with Gasteiger partial charge >= 0.3 is 0 Å². The topological polar surface area (TPSA) is 29.3 Å². The summed E-state index contributed by atoms with van der Waals surface area (Å²) in [5, 5.41) is 7.62. The zero-order valence-electron chi connectivity index (χ0n) is 24.1. The van der Waals surface area contributed by atoms with Crippen LogP contribution in [0, 0.1) is 0 Å². The molecule has 0 saturated carbocycles. The quantitative estimate of drug-likeness (QED) is 0.227. The van der Waals surface area contributed by atoms with Gasteiger partial charge in [0.2, 0.25) is 0 Å². The summed E-state index contributed by atoms with van der Waals surface area (Å²) in [7, 11) is 0. The average molecular weight is 564 g/mol. The lowest BCUT2D eigenvalue weighted by atomic mass is 9.99. The normalized spacial score (nSPS) is 15.4. The minimum Gasteiger partial charge on any atom is -0.340 e. The van der Waals surface area contributed by atoms with Crippen LogP contribution in [0.3, 0.4) is 0 Å². The molecule has 3 nitrogen and oxygen atoms in total. The molecule has 0 bridgehead atoms. The van der Waals surface area contributed by atoms with E-state index < -0.39 is 0 Å². The van der Waals surface area contributed by atoms with E-state index in [4.69, 9.17) is 4.99 Å². The summed E-state index contributed by atoms with van der Waals surface area (Å²) in [6.45, 7) is 0. The molecule has 0 radical (unpaired) electrons. The Morgan fingerprint density at radius 2 is 1.30 bits per heavy atom. The van der Waals surface area contributed by atoms with Crippen LogP contribution in [0.2, 0.25) is 0 Å². The number of amidine groups is 1. The lowest BCUT2D eigenvalue weighted by Crippen LogP contribution is -2.27. The molecular formula is C41H29N3. The van der Waals surface area contributed by atoms with E-state index in [9.17, 15) is 0 Å². The van der Waals surface area contributed by atoms with Crippen molar-refractivity contribution < 1.29 is 0 Å². The molecule has 2 aliphatic rings. The van der Waals surface area contributed by atoms with E-state index in [0.717, 1.165) is 34.8 Å². The van der Waals surface area contributed by atoms with Crippen molar-refractivity contribution >= 4 is 33.2 Å². The van der Waals surface area contributed by atoms with Gasteiger partial charge in [-0.3, -0.25) is 4.99 Å². The fourth-order valence-electron chi connectivity index (χ4n) is 7.02. The fraction of sp³-hybridized carbons (Fsp3) is 0.0488. The molecule has 0 saturated heterocycles. The first-order chi connectivity index (χ1) is 21.8. The van der Waals surface area contributed by atoms with Crippen molar-refractivity contribution in [2.75, 3.05) is 0 Å². The molecule has 1 unspecified atom stereocenters. The van der Waals surface area contributed by atoms with Crippen LogP contribution in [0.4, 0.5) is 0 Å².